The van der Waals surface area contributed by atoms with E-state index in [4.69, 9.17) is 10.3 Å². The van der Waals surface area contributed by atoms with Crippen LogP contribution in [0.3, 0.4) is 0 Å². The Balaban J connectivity index is 1.89. The molecule has 1 amide bonds. The minimum absolute atomic E-state index is 0.286. The van der Waals surface area contributed by atoms with Crippen LogP contribution >= 0.6 is 11.3 Å². The van der Waals surface area contributed by atoms with Gasteiger partial charge >= 0.3 is 0 Å². The molecular weight excluding hydrogens is 264 g/mol. The normalized spacial score (nSPS) is 10.8. The summed E-state index contributed by atoms with van der Waals surface area (Å²) in [5.41, 5.74) is 7.58. The molecule has 2 aromatic heterocycles. The van der Waals surface area contributed by atoms with Crippen LogP contribution in [0.2, 0.25) is 0 Å². The minimum Gasteiger partial charge on any atom is -0.399 e. The van der Waals surface area contributed by atoms with Gasteiger partial charge in [0.25, 0.3) is 5.91 Å². The Morgan fingerprint density at radius 2 is 2.32 bits per heavy atom. The van der Waals surface area contributed by atoms with Gasteiger partial charge < -0.3 is 10.3 Å². The first-order valence-electron chi connectivity index (χ1n) is 5.52. The number of fused-ring (bicyclic) bond motifs is 1. The van der Waals surface area contributed by atoms with Crippen molar-refractivity contribution in [1.82, 2.24) is 10.1 Å². The Bertz CT molecular complexity index is 762. The van der Waals surface area contributed by atoms with E-state index in [1.165, 1.54) is 17.5 Å². The maximum atomic E-state index is 12.0. The van der Waals surface area contributed by atoms with Crippen molar-refractivity contribution in [3.8, 4) is 0 Å². The smallest absolute Gasteiger partial charge is 0.262 e. The van der Waals surface area contributed by atoms with Crippen molar-refractivity contribution < 1.29 is 9.32 Å². The number of nitrogens with one attached hydrogen (secondary N) is 1. The number of carbonyl (C=O) groups excluding carboxylic acids is 1. The van der Waals surface area contributed by atoms with E-state index in [1.807, 2.05) is 12.1 Å². The van der Waals surface area contributed by atoms with Gasteiger partial charge in [0.15, 0.2) is 5.13 Å². The summed E-state index contributed by atoms with van der Waals surface area (Å²) in [5, 5.41) is 6.81. The van der Waals surface area contributed by atoms with Gasteiger partial charge in [-0.25, -0.2) is 4.98 Å². The number of aryl methyl sites for hydroxylation is 1. The lowest BCUT2D eigenvalue weighted by Gasteiger charge is -1.97. The minimum atomic E-state index is -0.286. The average Bonchev–Trinajstić information content (AvgIpc) is 2.94. The molecule has 0 unspecified atom stereocenters. The second kappa shape index (κ2) is 4.36. The van der Waals surface area contributed by atoms with E-state index >= 15 is 0 Å². The summed E-state index contributed by atoms with van der Waals surface area (Å²) in [4.78, 5) is 16.3. The quantitative estimate of drug-likeness (QED) is 0.700. The van der Waals surface area contributed by atoms with Crippen molar-refractivity contribution in [3.05, 3.63) is 35.7 Å². The molecule has 0 aliphatic heterocycles. The molecule has 6 nitrogen and oxygen atoms in total. The molecule has 3 aromatic rings. The number of anilines is 2. The molecule has 0 saturated carbocycles. The van der Waals surface area contributed by atoms with Crippen LogP contribution < -0.4 is 11.1 Å². The summed E-state index contributed by atoms with van der Waals surface area (Å²) in [6.07, 6.45) is 1.38. The molecule has 7 heteroatoms. The van der Waals surface area contributed by atoms with E-state index in [0.717, 1.165) is 10.2 Å². The zero-order valence-electron chi connectivity index (χ0n) is 10.0. The highest BCUT2D eigenvalue weighted by Gasteiger charge is 2.14. The van der Waals surface area contributed by atoms with Crippen LogP contribution in [0.25, 0.3) is 10.2 Å². The highest BCUT2D eigenvalue weighted by Crippen LogP contribution is 2.27. The molecule has 2 heterocycles. The Morgan fingerprint density at radius 1 is 1.47 bits per heavy atom. The summed E-state index contributed by atoms with van der Waals surface area (Å²) in [7, 11) is 0. The number of carbonyl (C=O) groups is 1. The first-order chi connectivity index (χ1) is 9.13. The molecule has 0 aliphatic carbocycles. The van der Waals surface area contributed by atoms with Gasteiger partial charge in [-0.15, -0.1) is 0 Å². The number of hydrogen-bond donors (Lipinski definition) is 2. The third-order valence-corrected chi connectivity index (χ3v) is 3.56. The molecule has 0 bridgehead atoms. The number of nitrogen functional groups attached to an aromatic ring is 1. The van der Waals surface area contributed by atoms with Gasteiger partial charge in [0.05, 0.1) is 16.4 Å². The fourth-order valence-corrected chi connectivity index (χ4v) is 2.59. The first kappa shape index (κ1) is 11.7. The van der Waals surface area contributed by atoms with E-state index in [2.05, 4.69) is 15.5 Å². The van der Waals surface area contributed by atoms with Crippen molar-refractivity contribution in [1.29, 1.82) is 0 Å². The second-order valence-electron chi connectivity index (χ2n) is 4.00. The number of benzene rings is 1. The Labute approximate surface area is 112 Å². The van der Waals surface area contributed by atoms with E-state index < -0.39 is 0 Å². The predicted molar refractivity (Wildman–Crippen MR) is 73.2 cm³/mol. The SMILES string of the molecule is Cc1oncc1C(=O)Nc1nc2ccc(N)cc2s1. The van der Waals surface area contributed by atoms with Gasteiger partial charge in [-0.05, 0) is 25.1 Å². The fourth-order valence-electron chi connectivity index (χ4n) is 1.68. The molecule has 19 heavy (non-hydrogen) atoms. The summed E-state index contributed by atoms with van der Waals surface area (Å²) in [6.45, 7) is 1.68. The van der Waals surface area contributed by atoms with Crippen molar-refractivity contribution in [3.63, 3.8) is 0 Å². The van der Waals surface area contributed by atoms with E-state index in [0.29, 0.717) is 22.1 Å². The molecule has 0 atom stereocenters. The summed E-state index contributed by atoms with van der Waals surface area (Å²) in [6, 6.07) is 5.42. The number of aromatic nitrogens is 2. The highest BCUT2D eigenvalue weighted by molar-refractivity contribution is 7.22. The highest BCUT2D eigenvalue weighted by atomic mass is 32.1. The average molecular weight is 274 g/mol. The maximum Gasteiger partial charge on any atom is 0.262 e. The molecule has 0 fully saturated rings. The third-order valence-electron chi connectivity index (χ3n) is 2.63. The molecule has 96 valence electrons. The van der Waals surface area contributed by atoms with E-state index in [9.17, 15) is 4.79 Å². The maximum absolute atomic E-state index is 12.0. The summed E-state index contributed by atoms with van der Waals surface area (Å²) >= 11 is 1.37. The summed E-state index contributed by atoms with van der Waals surface area (Å²) in [5.74, 6) is 0.189. The zero-order valence-corrected chi connectivity index (χ0v) is 10.8. The van der Waals surface area contributed by atoms with Gasteiger partial charge in [-0.1, -0.05) is 16.5 Å². The van der Waals surface area contributed by atoms with Gasteiger partial charge in [-0.2, -0.15) is 0 Å². The number of nitrogens with zero attached hydrogens (tertiary/aromatic N) is 2. The van der Waals surface area contributed by atoms with Crippen LogP contribution in [-0.2, 0) is 0 Å². The first-order valence-corrected chi connectivity index (χ1v) is 6.34. The van der Waals surface area contributed by atoms with Crippen LogP contribution in [-0.4, -0.2) is 16.0 Å². The zero-order chi connectivity index (χ0) is 13.4. The number of nitrogens with two attached hydrogens (primary N) is 1. The van der Waals surface area contributed by atoms with Gasteiger partial charge in [0.2, 0.25) is 0 Å². The van der Waals surface area contributed by atoms with Crippen LogP contribution in [0, 0.1) is 6.92 Å². The number of hydrogen-bond acceptors (Lipinski definition) is 6. The standard InChI is InChI=1S/C12H10N4O2S/c1-6-8(5-14-18-6)11(17)16-12-15-9-3-2-7(13)4-10(9)19-12/h2-5H,13H2,1H3,(H,15,16,17). The van der Waals surface area contributed by atoms with Gasteiger partial charge in [0.1, 0.15) is 11.3 Å². The van der Waals surface area contributed by atoms with Crippen LogP contribution in [0.5, 0.6) is 0 Å². The van der Waals surface area contributed by atoms with Crippen LogP contribution in [0.15, 0.2) is 28.9 Å². The molecule has 1 aromatic carbocycles. The van der Waals surface area contributed by atoms with Crippen LogP contribution in [0.4, 0.5) is 10.8 Å². The molecule has 0 spiro atoms. The molecule has 0 aliphatic rings. The van der Waals surface area contributed by atoms with E-state index in [-0.39, 0.29) is 5.91 Å². The van der Waals surface area contributed by atoms with E-state index in [1.54, 1.807) is 13.0 Å². The molecular formula is C12H10N4O2S. The Morgan fingerprint density at radius 3 is 3.05 bits per heavy atom. The largest absolute Gasteiger partial charge is 0.399 e. The monoisotopic (exact) mass is 274 g/mol. The van der Waals surface area contributed by atoms with Crippen molar-refractivity contribution >= 4 is 38.3 Å². The number of thiazole rings is 1. The molecule has 3 rings (SSSR count). The van der Waals surface area contributed by atoms with Gasteiger partial charge in [0, 0.05) is 5.69 Å². The Kier molecular flexibility index (Phi) is 2.68. The second-order valence-corrected chi connectivity index (χ2v) is 5.03. The van der Waals surface area contributed by atoms with Crippen molar-refractivity contribution in [2.75, 3.05) is 11.1 Å². The number of amides is 1. The molecule has 0 radical (unpaired) electrons. The fraction of sp³-hybridized carbons (Fsp3) is 0.0833. The van der Waals surface area contributed by atoms with Crippen molar-refractivity contribution in [2.45, 2.75) is 6.92 Å². The lowest BCUT2D eigenvalue weighted by molar-refractivity contribution is 0.102. The number of rotatable bonds is 2. The van der Waals surface area contributed by atoms with Crippen molar-refractivity contribution in [2.24, 2.45) is 0 Å². The van der Waals surface area contributed by atoms with Crippen LogP contribution in [0.1, 0.15) is 16.1 Å². The summed E-state index contributed by atoms with van der Waals surface area (Å²) < 4.78 is 5.78. The molecule has 3 N–H and O–H groups in total. The topological polar surface area (TPSA) is 94.0 Å². The lowest BCUT2D eigenvalue weighted by Crippen LogP contribution is -2.11. The molecule has 0 saturated heterocycles. The lowest BCUT2D eigenvalue weighted by atomic mass is 10.2. The van der Waals surface area contributed by atoms with Gasteiger partial charge in [-0.3, -0.25) is 10.1 Å². The Hall–Kier alpha value is -2.41. The third kappa shape index (κ3) is 2.15. The predicted octanol–water partition coefficient (Wildman–Crippen LogP) is 2.43.